The monoisotopic (exact) mass is 402 g/mol. The number of amides is 1. The second-order valence-corrected chi connectivity index (χ2v) is 6.09. The van der Waals surface area contributed by atoms with Crippen LogP contribution in [0.5, 0.6) is 11.5 Å². The number of rotatable bonds is 5. The standard InChI is InChI=1S/C20H16F2N2O3S/c1-26-17-11-13-7-3-2-6-12(13)10-14(17)18(25)24-20(28)23-15-8-4-5-9-16(15)27-19(21)22/h2-11,19H,1H3,(H2,23,24,25,28). The van der Waals surface area contributed by atoms with Crippen molar-refractivity contribution < 1.29 is 23.0 Å². The van der Waals surface area contributed by atoms with Crippen LogP contribution in [-0.2, 0) is 0 Å². The topological polar surface area (TPSA) is 59.6 Å². The average Bonchev–Trinajstić information content (AvgIpc) is 2.68. The van der Waals surface area contributed by atoms with Gasteiger partial charge in [0.15, 0.2) is 5.11 Å². The lowest BCUT2D eigenvalue weighted by atomic mass is 10.1. The molecule has 144 valence electrons. The van der Waals surface area contributed by atoms with Crippen molar-refractivity contribution in [2.75, 3.05) is 12.4 Å². The predicted octanol–water partition coefficient (Wildman–Crippen LogP) is 4.58. The maximum absolute atomic E-state index is 12.7. The second kappa shape index (κ2) is 8.62. The van der Waals surface area contributed by atoms with Crippen LogP contribution in [0.15, 0.2) is 60.7 Å². The van der Waals surface area contributed by atoms with Gasteiger partial charge in [-0.15, -0.1) is 0 Å². The molecule has 1 amide bonds. The van der Waals surface area contributed by atoms with E-state index in [1.807, 2.05) is 24.3 Å². The highest BCUT2D eigenvalue weighted by atomic mass is 32.1. The van der Waals surface area contributed by atoms with Gasteiger partial charge in [0.1, 0.15) is 11.5 Å². The molecule has 0 saturated heterocycles. The molecule has 0 heterocycles. The van der Waals surface area contributed by atoms with Crippen LogP contribution in [0.25, 0.3) is 10.8 Å². The van der Waals surface area contributed by atoms with Gasteiger partial charge in [0.05, 0.1) is 18.4 Å². The molecule has 8 heteroatoms. The lowest BCUT2D eigenvalue weighted by Crippen LogP contribution is -2.34. The van der Waals surface area contributed by atoms with E-state index >= 15 is 0 Å². The number of thiocarbonyl (C=S) groups is 1. The molecule has 3 aromatic rings. The Hall–Kier alpha value is -3.26. The van der Waals surface area contributed by atoms with Gasteiger partial charge in [-0.05, 0) is 47.3 Å². The molecule has 0 saturated carbocycles. The summed E-state index contributed by atoms with van der Waals surface area (Å²) in [6.45, 7) is -2.98. The van der Waals surface area contributed by atoms with E-state index in [4.69, 9.17) is 17.0 Å². The minimum atomic E-state index is -2.98. The lowest BCUT2D eigenvalue weighted by Gasteiger charge is -2.15. The first-order valence-corrected chi connectivity index (χ1v) is 8.61. The summed E-state index contributed by atoms with van der Waals surface area (Å²) in [6, 6.07) is 17.0. The summed E-state index contributed by atoms with van der Waals surface area (Å²) < 4.78 is 34.8. The van der Waals surface area contributed by atoms with Gasteiger partial charge < -0.3 is 14.8 Å². The largest absolute Gasteiger partial charge is 0.496 e. The summed E-state index contributed by atoms with van der Waals surface area (Å²) in [5.41, 5.74) is 0.501. The van der Waals surface area contributed by atoms with Crippen molar-refractivity contribution in [3.05, 3.63) is 66.2 Å². The molecule has 0 aliphatic carbocycles. The molecule has 0 aromatic heterocycles. The van der Waals surface area contributed by atoms with Crippen LogP contribution in [0.2, 0.25) is 0 Å². The first-order valence-electron chi connectivity index (χ1n) is 8.21. The molecule has 0 bridgehead atoms. The highest BCUT2D eigenvalue weighted by Gasteiger charge is 2.16. The number of hydrogen-bond donors (Lipinski definition) is 2. The molecule has 0 aliphatic rings. The van der Waals surface area contributed by atoms with Gasteiger partial charge in [-0.25, -0.2) is 0 Å². The molecule has 0 radical (unpaired) electrons. The number of carbonyl (C=O) groups is 1. The van der Waals surface area contributed by atoms with E-state index in [0.29, 0.717) is 11.3 Å². The molecule has 0 atom stereocenters. The Kier molecular flexibility index (Phi) is 6.00. The van der Waals surface area contributed by atoms with Gasteiger partial charge in [-0.3, -0.25) is 10.1 Å². The highest BCUT2D eigenvalue weighted by Crippen LogP contribution is 2.27. The van der Waals surface area contributed by atoms with Crippen LogP contribution in [0.3, 0.4) is 0 Å². The van der Waals surface area contributed by atoms with Crippen LogP contribution in [0.4, 0.5) is 14.5 Å². The summed E-state index contributed by atoms with van der Waals surface area (Å²) in [5.74, 6) is -0.190. The molecule has 3 rings (SSSR count). The molecule has 0 aliphatic heterocycles. The maximum atomic E-state index is 12.7. The van der Waals surface area contributed by atoms with Crippen LogP contribution < -0.4 is 20.1 Å². The number of hydrogen-bond acceptors (Lipinski definition) is 4. The fourth-order valence-corrected chi connectivity index (χ4v) is 2.86. The quantitative estimate of drug-likeness (QED) is 0.612. The molecule has 0 unspecified atom stereocenters. The highest BCUT2D eigenvalue weighted by molar-refractivity contribution is 7.80. The molecular formula is C20H16F2N2O3S. The van der Waals surface area contributed by atoms with Crippen molar-refractivity contribution in [2.24, 2.45) is 0 Å². The number of benzene rings is 3. The Morgan fingerprint density at radius 3 is 2.32 bits per heavy atom. The van der Waals surface area contributed by atoms with Crippen molar-refractivity contribution in [3.8, 4) is 11.5 Å². The number of fused-ring (bicyclic) bond motifs is 1. The molecule has 3 aromatic carbocycles. The number of nitrogens with one attached hydrogen (secondary N) is 2. The number of para-hydroxylation sites is 2. The normalized spacial score (nSPS) is 10.6. The summed E-state index contributed by atoms with van der Waals surface area (Å²) in [6.07, 6.45) is 0. The Labute approximate surface area is 165 Å². The van der Waals surface area contributed by atoms with Gasteiger partial charge in [0.25, 0.3) is 5.91 Å². The van der Waals surface area contributed by atoms with Crippen molar-refractivity contribution in [1.82, 2.24) is 5.32 Å². The Balaban J connectivity index is 1.78. The van der Waals surface area contributed by atoms with Gasteiger partial charge >= 0.3 is 6.61 Å². The molecule has 5 nitrogen and oxygen atoms in total. The van der Waals surface area contributed by atoms with Gasteiger partial charge in [-0.2, -0.15) is 8.78 Å². The van der Waals surface area contributed by atoms with Crippen LogP contribution in [0.1, 0.15) is 10.4 Å². The third kappa shape index (κ3) is 4.52. The minimum absolute atomic E-state index is 0.0643. The predicted molar refractivity (Wildman–Crippen MR) is 107 cm³/mol. The zero-order valence-electron chi connectivity index (χ0n) is 14.7. The summed E-state index contributed by atoms with van der Waals surface area (Å²) >= 11 is 5.13. The van der Waals surface area contributed by atoms with E-state index in [1.54, 1.807) is 24.3 Å². The molecule has 0 spiro atoms. The maximum Gasteiger partial charge on any atom is 0.387 e. The first-order chi connectivity index (χ1) is 13.5. The Morgan fingerprint density at radius 2 is 1.64 bits per heavy atom. The lowest BCUT2D eigenvalue weighted by molar-refractivity contribution is -0.0493. The molecule has 0 fully saturated rings. The third-order valence-corrected chi connectivity index (χ3v) is 4.09. The van der Waals surface area contributed by atoms with E-state index in [0.717, 1.165) is 10.8 Å². The third-order valence-electron chi connectivity index (χ3n) is 3.89. The number of anilines is 1. The summed E-state index contributed by atoms with van der Waals surface area (Å²) in [4.78, 5) is 12.7. The molecule has 2 N–H and O–H groups in total. The fourth-order valence-electron chi connectivity index (χ4n) is 2.66. The smallest absolute Gasteiger partial charge is 0.387 e. The number of methoxy groups -OCH3 is 1. The Bertz CT molecular complexity index is 1030. The van der Waals surface area contributed by atoms with Crippen molar-refractivity contribution >= 4 is 39.7 Å². The summed E-state index contributed by atoms with van der Waals surface area (Å²) in [7, 11) is 1.47. The fraction of sp³-hybridized carbons (Fsp3) is 0.100. The number of alkyl halides is 2. The molecular weight excluding hydrogens is 386 g/mol. The van der Waals surface area contributed by atoms with E-state index in [-0.39, 0.29) is 16.5 Å². The average molecular weight is 402 g/mol. The zero-order valence-corrected chi connectivity index (χ0v) is 15.6. The first kappa shape index (κ1) is 19.5. The van der Waals surface area contributed by atoms with E-state index in [9.17, 15) is 13.6 Å². The van der Waals surface area contributed by atoms with Gasteiger partial charge in [0, 0.05) is 0 Å². The van der Waals surface area contributed by atoms with Crippen LogP contribution in [0, 0.1) is 0 Å². The van der Waals surface area contributed by atoms with Crippen molar-refractivity contribution in [3.63, 3.8) is 0 Å². The zero-order chi connectivity index (χ0) is 20.1. The Morgan fingerprint density at radius 1 is 1.00 bits per heavy atom. The second-order valence-electron chi connectivity index (χ2n) is 5.68. The number of halogens is 2. The van der Waals surface area contributed by atoms with E-state index in [1.165, 1.54) is 19.2 Å². The molecule has 28 heavy (non-hydrogen) atoms. The van der Waals surface area contributed by atoms with Crippen LogP contribution in [-0.4, -0.2) is 24.7 Å². The van der Waals surface area contributed by atoms with Gasteiger partial charge in [-0.1, -0.05) is 36.4 Å². The van der Waals surface area contributed by atoms with Crippen molar-refractivity contribution in [2.45, 2.75) is 6.61 Å². The van der Waals surface area contributed by atoms with E-state index in [2.05, 4.69) is 15.4 Å². The summed E-state index contributed by atoms with van der Waals surface area (Å²) in [5, 5.41) is 6.94. The van der Waals surface area contributed by atoms with E-state index < -0.39 is 12.5 Å². The van der Waals surface area contributed by atoms with Crippen LogP contribution >= 0.6 is 12.2 Å². The minimum Gasteiger partial charge on any atom is -0.496 e. The van der Waals surface area contributed by atoms with Crippen molar-refractivity contribution in [1.29, 1.82) is 0 Å². The number of ether oxygens (including phenoxy) is 2. The SMILES string of the molecule is COc1cc2ccccc2cc1C(=O)NC(=S)Nc1ccccc1OC(F)F. The van der Waals surface area contributed by atoms with Gasteiger partial charge in [0.2, 0.25) is 0 Å². The number of carbonyl (C=O) groups excluding carboxylic acids is 1.